The summed E-state index contributed by atoms with van der Waals surface area (Å²) in [4.78, 5) is 11.0. The highest BCUT2D eigenvalue weighted by Crippen LogP contribution is 2.03. The van der Waals surface area contributed by atoms with Gasteiger partial charge in [0.15, 0.2) is 5.78 Å². The lowest BCUT2D eigenvalue weighted by Crippen LogP contribution is -2.29. The Hall–Kier alpha value is -0.630. The van der Waals surface area contributed by atoms with Gasteiger partial charge in [0.25, 0.3) is 0 Å². The van der Waals surface area contributed by atoms with Crippen molar-refractivity contribution in [3.63, 3.8) is 0 Å². The van der Waals surface area contributed by atoms with Crippen LogP contribution in [0.2, 0.25) is 0 Å². The standard InChI is InChI=1S/C9H16O2/c1-4-5-6-7-8(10)9(2,3)11/h6-7,11H,4-5H2,1-3H3/b7-6+. The molecule has 64 valence electrons. The van der Waals surface area contributed by atoms with Gasteiger partial charge in [0.2, 0.25) is 0 Å². The molecule has 0 radical (unpaired) electrons. The fraction of sp³-hybridized carbons (Fsp3) is 0.667. The van der Waals surface area contributed by atoms with E-state index in [-0.39, 0.29) is 5.78 Å². The van der Waals surface area contributed by atoms with Gasteiger partial charge in [-0.1, -0.05) is 19.4 Å². The van der Waals surface area contributed by atoms with Crippen LogP contribution in [0, 0.1) is 0 Å². The third kappa shape index (κ3) is 4.73. The molecule has 0 spiro atoms. The molecular formula is C9H16O2. The van der Waals surface area contributed by atoms with Gasteiger partial charge in [-0.3, -0.25) is 4.79 Å². The van der Waals surface area contributed by atoms with Crippen molar-refractivity contribution in [3.05, 3.63) is 12.2 Å². The highest BCUT2D eigenvalue weighted by molar-refractivity contribution is 5.95. The van der Waals surface area contributed by atoms with E-state index in [0.29, 0.717) is 0 Å². The average Bonchev–Trinajstić information content (AvgIpc) is 1.86. The molecule has 0 bridgehead atoms. The summed E-state index contributed by atoms with van der Waals surface area (Å²) in [6.45, 7) is 5.02. The molecule has 0 saturated carbocycles. The van der Waals surface area contributed by atoms with Crippen molar-refractivity contribution >= 4 is 5.78 Å². The summed E-state index contributed by atoms with van der Waals surface area (Å²) in [5, 5.41) is 9.18. The van der Waals surface area contributed by atoms with Crippen LogP contribution in [0.25, 0.3) is 0 Å². The van der Waals surface area contributed by atoms with Crippen LogP contribution in [0.5, 0.6) is 0 Å². The molecule has 0 unspecified atom stereocenters. The summed E-state index contributed by atoms with van der Waals surface area (Å²) in [6.07, 6.45) is 5.15. The zero-order chi connectivity index (χ0) is 8.91. The highest BCUT2D eigenvalue weighted by Gasteiger charge is 2.19. The molecule has 2 heteroatoms. The number of aliphatic hydroxyl groups is 1. The lowest BCUT2D eigenvalue weighted by molar-refractivity contribution is -0.128. The van der Waals surface area contributed by atoms with Crippen molar-refractivity contribution in [3.8, 4) is 0 Å². The van der Waals surface area contributed by atoms with E-state index < -0.39 is 5.60 Å². The molecule has 0 aliphatic carbocycles. The van der Waals surface area contributed by atoms with Crippen molar-refractivity contribution < 1.29 is 9.90 Å². The number of hydrogen-bond acceptors (Lipinski definition) is 2. The van der Waals surface area contributed by atoms with Gasteiger partial charge in [-0.05, 0) is 26.3 Å². The van der Waals surface area contributed by atoms with E-state index in [0.717, 1.165) is 12.8 Å². The van der Waals surface area contributed by atoms with Gasteiger partial charge >= 0.3 is 0 Å². The Morgan fingerprint density at radius 1 is 1.55 bits per heavy atom. The Kier molecular flexibility index (Phi) is 4.04. The predicted octanol–water partition coefficient (Wildman–Crippen LogP) is 1.68. The largest absolute Gasteiger partial charge is 0.382 e. The molecule has 2 nitrogen and oxygen atoms in total. The third-order valence-electron chi connectivity index (χ3n) is 1.33. The van der Waals surface area contributed by atoms with Gasteiger partial charge in [-0.2, -0.15) is 0 Å². The summed E-state index contributed by atoms with van der Waals surface area (Å²) in [6, 6.07) is 0. The third-order valence-corrected chi connectivity index (χ3v) is 1.33. The SMILES string of the molecule is CCC/C=C/C(=O)C(C)(C)O. The Morgan fingerprint density at radius 3 is 2.45 bits per heavy atom. The second-order valence-corrected chi connectivity index (χ2v) is 3.11. The molecule has 0 aliphatic rings. The Balaban J connectivity index is 3.88. The molecule has 0 aromatic heterocycles. The van der Waals surface area contributed by atoms with E-state index in [1.807, 2.05) is 6.92 Å². The fourth-order valence-electron chi connectivity index (χ4n) is 0.561. The molecule has 11 heavy (non-hydrogen) atoms. The Labute approximate surface area is 67.9 Å². The van der Waals surface area contributed by atoms with Crippen molar-refractivity contribution in [1.82, 2.24) is 0 Å². The number of hydrogen-bond donors (Lipinski definition) is 1. The maximum absolute atomic E-state index is 11.0. The van der Waals surface area contributed by atoms with Gasteiger partial charge < -0.3 is 5.11 Å². The molecule has 0 aliphatic heterocycles. The second-order valence-electron chi connectivity index (χ2n) is 3.11. The molecule has 0 atom stereocenters. The number of carbonyl (C=O) groups is 1. The average molecular weight is 156 g/mol. The lowest BCUT2D eigenvalue weighted by Gasteiger charge is -2.11. The van der Waals surface area contributed by atoms with Crippen LogP contribution in [0.3, 0.4) is 0 Å². The monoisotopic (exact) mass is 156 g/mol. The zero-order valence-electron chi connectivity index (χ0n) is 7.42. The Bertz CT molecular complexity index is 151. The quantitative estimate of drug-likeness (QED) is 0.629. The normalized spacial score (nSPS) is 12.4. The van der Waals surface area contributed by atoms with E-state index in [4.69, 9.17) is 0 Å². The minimum Gasteiger partial charge on any atom is -0.382 e. The van der Waals surface area contributed by atoms with Gasteiger partial charge in [0, 0.05) is 0 Å². The summed E-state index contributed by atoms with van der Waals surface area (Å²) in [7, 11) is 0. The van der Waals surface area contributed by atoms with E-state index >= 15 is 0 Å². The van der Waals surface area contributed by atoms with Crippen LogP contribution in [-0.2, 0) is 4.79 Å². The smallest absolute Gasteiger partial charge is 0.186 e. The van der Waals surface area contributed by atoms with Gasteiger partial charge in [-0.15, -0.1) is 0 Å². The van der Waals surface area contributed by atoms with E-state index in [9.17, 15) is 9.90 Å². The number of unbranched alkanes of at least 4 members (excludes halogenated alkanes) is 1. The molecule has 1 N–H and O–H groups in total. The summed E-state index contributed by atoms with van der Waals surface area (Å²) in [5.41, 5.74) is -1.22. The van der Waals surface area contributed by atoms with Crippen LogP contribution >= 0.6 is 0 Å². The zero-order valence-corrected chi connectivity index (χ0v) is 7.42. The first-order valence-corrected chi connectivity index (χ1v) is 3.92. The predicted molar refractivity (Wildman–Crippen MR) is 45.4 cm³/mol. The van der Waals surface area contributed by atoms with Crippen molar-refractivity contribution in [1.29, 1.82) is 0 Å². The van der Waals surface area contributed by atoms with Crippen LogP contribution < -0.4 is 0 Å². The summed E-state index contributed by atoms with van der Waals surface area (Å²) >= 11 is 0. The van der Waals surface area contributed by atoms with Crippen LogP contribution in [0.4, 0.5) is 0 Å². The van der Waals surface area contributed by atoms with E-state index in [1.54, 1.807) is 6.08 Å². The summed E-state index contributed by atoms with van der Waals surface area (Å²) in [5.74, 6) is -0.231. The van der Waals surface area contributed by atoms with Crippen LogP contribution in [0.15, 0.2) is 12.2 Å². The minimum absolute atomic E-state index is 0.231. The van der Waals surface area contributed by atoms with Gasteiger partial charge in [0.1, 0.15) is 5.60 Å². The molecule has 0 aromatic carbocycles. The lowest BCUT2D eigenvalue weighted by atomic mass is 10.0. The molecule has 0 rings (SSSR count). The molecule has 0 fully saturated rings. The van der Waals surface area contributed by atoms with Crippen molar-refractivity contribution in [2.75, 3.05) is 0 Å². The Morgan fingerprint density at radius 2 is 2.09 bits per heavy atom. The first kappa shape index (κ1) is 10.4. The minimum atomic E-state index is -1.22. The molecular weight excluding hydrogens is 140 g/mol. The first-order chi connectivity index (χ1) is 4.98. The van der Waals surface area contributed by atoms with Crippen molar-refractivity contribution in [2.24, 2.45) is 0 Å². The molecule has 0 heterocycles. The number of rotatable bonds is 4. The van der Waals surface area contributed by atoms with Gasteiger partial charge in [-0.25, -0.2) is 0 Å². The van der Waals surface area contributed by atoms with Gasteiger partial charge in [0.05, 0.1) is 0 Å². The maximum atomic E-state index is 11.0. The number of carbonyl (C=O) groups excluding carboxylic acids is 1. The summed E-state index contributed by atoms with van der Waals surface area (Å²) < 4.78 is 0. The molecule has 0 saturated heterocycles. The topological polar surface area (TPSA) is 37.3 Å². The second kappa shape index (κ2) is 4.29. The highest BCUT2D eigenvalue weighted by atomic mass is 16.3. The molecule has 0 amide bonds. The van der Waals surface area contributed by atoms with E-state index in [1.165, 1.54) is 19.9 Å². The number of allylic oxidation sites excluding steroid dienone is 1. The first-order valence-electron chi connectivity index (χ1n) is 3.92. The van der Waals surface area contributed by atoms with Crippen LogP contribution in [0.1, 0.15) is 33.6 Å². The van der Waals surface area contributed by atoms with Crippen molar-refractivity contribution in [2.45, 2.75) is 39.2 Å². The maximum Gasteiger partial charge on any atom is 0.186 e. The van der Waals surface area contributed by atoms with E-state index in [2.05, 4.69) is 0 Å². The van der Waals surface area contributed by atoms with Crippen LogP contribution in [-0.4, -0.2) is 16.5 Å². The number of ketones is 1. The molecule has 0 aromatic rings. The fourth-order valence-corrected chi connectivity index (χ4v) is 0.561.